The van der Waals surface area contributed by atoms with Gasteiger partial charge in [-0.25, -0.2) is 9.97 Å². The number of ether oxygens (including phenoxy) is 1. The summed E-state index contributed by atoms with van der Waals surface area (Å²) in [5, 5.41) is 17.8. The molecule has 1 spiro atoms. The van der Waals surface area contributed by atoms with Gasteiger partial charge in [-0.2, -0.15) is 0 Å². The van der Waals surface area contributed by atoms with Crippen LogP contribution in [0.2, 0.25) is 5.02 Å². The number of anilines is 2. The Kier molecular flexibility index (Phi) is 5.46. The molecule has 1 atom stereocenters. The lowest BCUT2D eigenvalue weighted by Crippen LogP contribution is -2.41. The topological polar surface area (TPSA) is 108 Å². The van der Waals surface area contributed by atoms with Crippen molar-refractivity contribution in [3.63, 3.8) is 0 Å². The number of nitrogens with one attached hydrogen (secondary N) is 1. The number of hydrogen-bond donors (Lipinski definition) is 3. The van der Waals surface area contributed by atoms with Crippen molar-refractivity contribution in [1.82, 2.24) is 9.97 Å². The van der Waals surface area contributed by atoms with Crippen molar-refractivity contribution in [2.75, 3.05) is 30.3 Å². The Balaban J connectivity index is 1.58. The molecule has 29 heavy (non-hydrogen) atoms. The van der Waals surface area contributed by atoms with Gasteiger partial charge in [0.15, 0.2) is 5.82 Å². The fraction of sp³-hybridized carbons (Fsp3) is 0.476. The Labute approximate surface area is 175 Å². The molecule has 3 heterocycles. The van der Waals surface area contributed by atoms with Gasteiger partial charge in [0.25, 0.3) is 0 Å². The Morgan fingerprint density at radius 2 is 2.17 bits per heavy atom. The summed E-state index contributed by atoms with van der Waals surface area (Å²) in [6, 6.07) is 3.33. The second-order valence-electron chi connectivity index (χ2n) is 8.10. The zero-order valence-corrected chi connectivity index (χ0v) is 17.2. The summed E-state index contributed by atoms with van der Waals surface area (Å²) in [6.07, 6.45) is 6.40. The molecule has 0 bridgehead atoms. The van der Waals surface area contributed by atoms with Gasteiger partial charge < -0.3 is 25.9 Å². The van der Waals surface area contributed by atoms with Gasteiger partial charge in [0.1, 0.15) is 5.69 Å². The van der Waals surface area contributed by atoms with Crippen molar-refractivity contribution in [3.8, 4) is 11.3 Å². The van der Waals surface area contributed by atoms with E-state index in [0.717, 1.165) is 51.0 Å². The molecule has 7 nitrogen and oxygen atoms in total. The van der Waals surface area contributed by atoms with Gasteiger partial charge in [-0.1, -0.05) is 11.6 Å². The van der Waals surface area contributed by atoms with Crippen LogP contribution in [0.3, 0.4) is 0 Å². The summed E-state index contributed by atoms with van der Waals surface area (Å²) >= 11 is 6.37. The number of hydrogen-bond acceptors (Lipinski definition) is 7. The van der Waals surface area contributed by atoms with Gasteiger partial charge in [-0.15, -0.1) is 0 Å². The maximum absolute atomic E-state index is 9.93. The van der Waals surface area contributed by atoms with Crippen LogP contribution in [0.1, 0.15) is 37.4 Å². The number of halogens is 1. The molecule has 1 aromatic carbocycles. The summed E-state index contributed by atoms with van der Waals surface area (Å²) in [5.41, 5.74) is 9.00. The average Bonchev–Trinajstić information content (AvgIpc) is 3.09. The SMILES string of the molecule is C[C@H]1CC2(CCN(c3ncc(-c4cc(N)c(C=N)cc4Cl)nc3CO)CC2)CO1. The van der Waals surface area contributed by atoms with E-state index in [9.17, 15) is 5.11 Å². The summed E-state index contributed by atoms with van der Waals surface area (Å²) in [4.78, 5) is 11.4. The largest absolute Gasteiger partial charge is 0.398 e. The first-order valence-electron chi connectivity index (χ1n) is 9.88. The maximum atomic E-state index is 9.93. The fourth-order valence-corrected chi connectivity index (χ4v) is 4.70. The minimum absolute atomic E-state index is 0.205. The van der Waals surface area contributed by atoms with Crippen LogP contribution in [0.5, 0.6) is 0 Å². The van der Waals surface area contributed by atoms with E-state index < -0.39 is 0 Å². The monoisotopic (exact) mass is 415 g/mol. The van der Waals surface area contributed by atoms with Crippen molar-refractivity contribution < 1.29 is 9.84 Å². The second-order valence-corrected chi connectivity index (χ2v) is 8.51. The first-order valence-corrected chi connectivity index (χ1v) is 10.3. The van der Waals surface area contributed by atoms with E-state index in [1.54, 1.807) is 18.3 Å². The highest BCUT2D eigenvalue weighted by atomic mass is 35.5. The number of benzene rings is 1. The first kappa shape index (κ1) is 20.1. The Hall–Kier alpha value is -2.22. The number of piperidine rings is 1. The molecule has 2 saturated heterocycles. The zero-order valence-electron chi connectivity index (χ0n) is 16.5. The van der Waals surface area contributed by atoms with Crippen LogP contribution in [-0.2, 0) is 11.3 Å². The highest BCUT2D eigenvalue weighted by Crippen LogP contribution is 2.42. The predicted molar refractivity (Wildman–Crippen MR) is 115 cm³/mol. The molecule has 4 N–H and O–H groups in total. The van der Waals surface area contributed by atoms with Crippen LogP contribution in [0.4, 0.5) is 11.5 Å². The van der Waals surface area contributed by atoms with Gasteiger partial charge in [-0.3, -0.25) is 0 Å². The van der Waals surface area contributed by atoms with Crippen LogP contribution in [0, 0.1) is 10.8 Å². The maximum Gasteiger partial charge on any atom is 0.152 e. The average molecular weight is 416 g/mol. The van der Waals surface area contributed by atoms with Gasteiger partial charge >= 0.3 is 0 Å². The summed E-state index contributed by atoms with van der Waals surface area (Å²) < 4.78 is 5.81. The Bertz CT molecular complexity index is 928. The normalized spacial score (nSPS) is 20.9. The number of nitrogen functional groups attached to an aromatic ring is 1. The van der Waals surface area contributed by atoms with Crippen LogP contribution in [0.25, 0.3) is 11.3 Å². The number of nitrogens with zero attached hydrogens (tertiary/aromatic N) is 3. The highest BCUT2D eigenvalue weighted by Gasteiger charge is 2.41. The standard InChI is InChI=1S/C21H26ClN5O2/c1-13-8-21(12-29-13)2-4-27(5-3-21)20-19(11-28)26-18(10-25-20)15-7-17(24)14(9-23)6-16(15)22/h6-7,9-10,13,23,28H,2-5,8,11-12,24H2,1H3/t13-/m0/s1. The Morgan fingerprint density at radius 3 is 2.79 bits per heavy atom. The van der Waals surface area contributed by atoms with Crippen LogP contribution >= 0.6 is 11.6 Å². The third-order valence-electron chi connectivity index (χ3n) is 6.09. The summed E-state index contributed by atoms with van der Waals surface area (Å²) in [5.74, 6) is 0.721. The number of aromatic nitrogens is 2. The molecule has 2 aliphatic heterocycles. The number of nitrogens with two attached hydrogens (primary N) is 1. The molecular formula is C21H26ClN5O2. The van der Waals surface area contributed by atoms with Crippen molar-refractivity contribution in [2.45, 2.75) is 38.9 Å². The molecule has 0 unspecified atom stereocenters. The molecule has 2 fully saturated rings. The summed E-state index contributed by atoms with van der Waals surface area (Å²) in [6.45, 7) is 4.52. The van der Waals surface area contributed by atoms with E-state index >= 15 is 0 Å². The molecule has 0 radical (unpaired) electrons. The van der Waals surface area contributed by atoms with E-state index in [-0.39, 0.29) is 12.0 Å². The fourth-order valence-electron chi connectivity index (χ4n) is 4.44. The second kappa shape index (κ2) is 7.89. The minimum atomic E-state index is -0.205. The summed E-state index contributed by atoms with van der Waals surface area (Å²) in [7, 11) is 0. The van der Waals surface area contributed by atoms with E-state index in [4.69, 9.17) is 27.5 Å². The quantitative estimate of drug-likeness (QED) is 0.522. The third kappa shape index (κ3) is 3.82. The van der Waals surface area contributed by atoms with Gasteiger partial charge in [0, 0.05) is 36.1 Å². The lowest BCUT2D eigenvalue weighted by atomic mass is 9.77. The zero-order chi connectivity index (χ0) is 20.6. The van der Waals surface area contributed by atoms with Crippen molar-refractivity contribution >= 4 is 29.3 Å². The first-order chi connectivity index (χ1) is 13.9. The molecule has 1 aromatic heterocycles. The molecule has 0 amide bonds. The van der Waals surface area contributed by atoms with Gasteiger partial charge in [-0.05, 0) is 43.7 Å². The number of aliphatic hydroxyl groups is 1. The van der Waals surface area contributed by atoms with E-state index in [1.807, 2.05) is 0 Å². The number of rotatable bonds is 4. The van der Waals surface area contributed by atoms with Crippen LogP contribution in [-0.4, -0.2) is 47.1 Å². The smallest absolute Gasteiger partial charge is 0.152 e. The highest BCUT2D eigenvalue weighted by molar-refractivity contribution is 6.33. The van der Waals surface area contributed by atoms with Crippen molar-refractivity contribution in [3.05, 3.63) is 34.6 Å². The molecule has 154 valence electrons. The number of aliphatic hydroxyl groups excluding tert-OH is 1. The van der Waals surface area contributed by atoms with Crippen LogP contribution in [0.15, 0.2) is 18.3 Å². The lowest BCUT2D eigenvalue weighted by molar-refractivity contribution is 0.0975. The van der Waals surface area contributed by atoms with Crippen molar-refractivity contribution in [2.24, 2.45) is 5.41 Å². The van der Waals surface area contributed by atoms with E-state index in [2.05, 4.69) is 21.8 Å². The van der Waals surface area contributed by atoms with Crippen LogP contribution < -0.4 is 10.6 Å². The third-order valence-corrected chi connectivity index (χ3v) is 6.41. The van der Waals surface area contributed by atoms with E-state index in [1.165, 1.54) is 0 Å². The Morgan fingerprint density at radius 1 is 1.41 bits per heavy atom. The van der Waals surface area contributed by atoms with Gasteiger partial charge in [0.05, 0.1) is 36.2 Å². The molecular weight excluding hydrogens is 390 g/mol. The molecule has 4 rings (SSSR count). The molecule has 0 saturated carbocycles. The lowest BCUT2D eigenvalue weighted by Gasteiger charge is -2.39. The molecule has 2 aliphatic rings. The molecule has 2 aromatic rings. The minimum Gasteiger partial charge on any atom is -0.398 e. The molecule has 8 heteroatoms. The molecule has 0 aliphatic carbocycles. The predicted octanol–water partition coefficient (Wildman–Crippen LogP) is 3.26. The van der Waals surface area contributed by atoms with Crippen molar-refractivity contribution in [1.29, 1.82) is 5.41 Å². The van der Waals surface area contributed by atoms with Gasteiger partial charge in [0.2, 0.25) is 0 Å². The van der Waals surface area contributed by atoms with E-state index in [0.29, 0.717) is 39.3 Å².